The molecule has 0 bridgehead atoms. The molecule has 0 unspecified atom stereocenters. The van der Waals surface area contributed by atoms with E-state index in [0.29, 0.717) is 11.1 Å². The molecule has 8 rings (SSSR count). The van der Waals surface area contributed by atoms with Crippen molar-refractivity contribution in [1.29, 1.82) is 10.5 Å². The van der Waals surface area contributed by atoms with Crippen molar-refractivity contribution < 1.29 is 0 Å². The minimum Gasteiger partial charge on any atom is -0.309 e. The summed E-state index contributed by atoms with van der Waals surface area (Å²) in [4.78, 5) is 2.36. The highest BCUT2D eigenvalue weighted by molar-refractivity contribution is 5.98. The van der Waals surface area contributed by atoms with Crippen LogP contribution in [-0.2, 0) is 5.41 Å². The Kier molecular flexibility index (Phi) is 8.09. The number of fused-ring (bicyclic) bond motifs is 2. The summed E-state index contributed by atoms with van der Waals surface area (Å²) in [5, 5.41) is 25.3. The lowest BCUT2D eigenvalue weighted by Crippen LogP contribution is -2.31. The minimum absolute atomic E-state index is 0.437. The van der Waals surface area contributed by atoms with Crippen LogP contribution in [0.15, 0.2) is 127 Å². The third-order valence-corrected chi connectivity index (χ3v) is 11.1. The summed E-state index contributed by atoms with van der Waals surface area (Å²) in [6.07, 6.45) is 0. The molecule has 0 N–H and O–H groups in total. The van der Waals surface area contributed by atoms with Crippen molar-refractivity contribution in [1.82, 2.24) is 9.78 Å². The zero-order chi connectivity index (χ0) is 37.0. The molecule has 0 radical (unpaired) electrons. The van der Waals surface area contributed by atoms with Gasteiger partial charge in [0.25, 0.3) is 0 Å². The summed E-state index contributed by atoms with van der Waals surface area (Å²) >= 11 is 0. The second-order valence-electron chi connectivity index (χ2n) is 14.4. The van der Waals surface area contributed by atoms with E-state index in [1.807, 2.05) is 36.4 Å². The Hall–Kier alpha value is -6.69. The first-order valence-corrected chi connectivity index (χ1v) is 17.9. The van der Waals surface area contributed by atoms with Gasteiger partial charge in [0.15, 0.2) is 0 Å². The molecular formula is C48H39N5. The molecule has 2 heterocycles. The summed E-state index contributed by atoms with van der Waals surface area (Å²) < 4.78 is 2.10. The van der Waals surface area contributed by atoms with Crippen molar-refractivity contribution in [2.45, 2.75) is 47.0 Å². The number of hydrogen-bond donors (Lipinski definition) is 0. The molecule has 0 fully saturated rings. The van der Waals surface area contributed by atoms with Crippen LogP contribution >= 0.6 is 0 Å². The van der Waals surface area contributed by atoms with Gasteiger partial charge in [-0.3, -0.25) is 0 Å². The van der Waals surface area contributed by atoms with E-state index in [4.69, 9.17) is 5.10 Å². The van der Waals surface area contributed by atoms with Gasteiger partial charge in [-0.2, -0.15) is 15.6 Å². The molecule has 7 aromatic rings. The predicted octanol–water partition coefficient (Wildman–Crippen LogP) is 12.0. The Morgan fingerprint density at radius 3 is 1.51 bits per heavy atom. The van der Waals surface area contributed by atoms with Gasteiger partial charge in [-0.1, -0.05) is 92.7 Å². The fraction of sp³-hybridized carbons (Fsp3) is 0.146. The summed E-state index contributed by atoms with van der Waals surface area (Å²) in [5.41, 5.74) is 18.1. The maximum Gasteiger partial charge on any atom is 0.101 e. The zero-order valence-electron chi connectivity index (χ0n) is 30.9. The largest absolute Gasteiger partial charge is 0.309 e. The Morgan fingerprint density at radius 1 is 0.547 bits per heavy atom. The first-order valence-electron chi connectivity index (χ1n) is 17.9. The molecule has 1 aromatic heterocycles. The van der Waals surface area contributed by atoms with Crippen molar-refractivity contribution in [2.24, 2.45) is 0 Å². The SMILES string of the molecule is Cc1c(C)c(N2c3ccc(C#N)cc3C(C)(C)c3cc(C#N)ccc32)c(C)c(C)c1-c1c(-c2ccccc2)nn(-c2ccccc2)c1-c1ccccc1. The van der Waals surface area contributed by atoms with Crippen LogP contribution in [0, 0.1) is 50.4 Å². The monoisotopic (exact) mass is 685 g/mol. The molecule has 1 aliphatic heterocycles. The van der Waals surface area contributed by atoms with Crippen LogP contribution in [0.2, 0.25) is 0 Å². The maximum atomic E-state index is 9.94. The molecule has 53 heavy (non-hydrogen) atoms. The average molecular weight is 686 g/mol. The third-order valence-electron chi connectivity index (χ3n) is 11.1. The van der Waals surface area contributed by atoms with E-state index in [1.165, 1.54) is 16.7 Å². The molecule has 0 atom stereocenters. The molecule has 0 amide bonds. The van der Waals surface area contributed by atoms with Gasteiger partial charge in [0.1, 0.15) is 5.69 Å². The van der Waals surface area contributed by atoms with Crippen molar-refractivity contribution in [3.63, 3.8) is 0 Å². The first kappa shape index (κ1) is 33.5. The standard InChI is InChI=1S/C48H39N5/c1-30-32(3)46(52-41-24-22-34(28-49)26-39(41)48(5,6)40-27-35(29-50)23-25-42(40)52)33(4)31(2)43(30)44-45(36-16-10-7-11-17-36)51-53(38-20-14-9-15-21-38)47(44)37-18-12-8-13-19-37/h7-27H,1-6H3. The summed E-state index contributed by atoms with van der Waals surface area (Å²) in [6.45, 7) is 13.3. The molecule has 0 saturated heterocycles. The number of aromatic nitrogens is 2. The number of nitriles is 2. The van der Waals surface area contributed by atoms with E-state index in [2.05, 4.69) is 154 Å². The molecule has 0 saturated carbocycles. The lowest BCUT2D eigenvalue weighted by atomic mass is 9.72. The van der Waals surface area contributed by atoms with Gasteiger partial charge in [-0.25, -0.2) is 4.68 Å². The van der Waals surface area contributed by atoms with E-state index < -0.39 is 5.41 Å². The third kappa shape index (κ3) is 5.24. The number of anilines is 3. The van der Waals surface area contributed by atoms with Gasteiger partial charge >= 0.3 is 0 Å². The fourth-order valence-electron chi connectivity index (χ4n) is 8.19. The van der Waals surface area contributed by atoms with Crippen LogP contribution in [-0.4, -0.2) is 9.78 Å². The van der Waals surface area contributed by atoms with Gasteiger partial charge in [0.2, 0.25) is 0 Å². The minimum atomic E-state index is -0.437. The molecule has 5 heteroatoms. The Bertz CT molecular complexity index is 2540. The van der Waals surface area contributed by atoms with Gasteiger partial charge in [-0.05, 0) is 115 Å². The molecule has 1 aliphatic rings. The van der Waals surface area contributed by atoms with Crippen molar-refractivity contribution in [3.05, 3.63) is 172 Å². The normalized spacial score (nSPS) is 12.8. The van der Waals surface area contributed by atoms with E-state index in [9.17, 15) is 10.5 Å². The molecule has 5 nitrogen and oxygen atoms in total. The fourth-order valence-corrected chi connectivity index (χ4v) is 8.19. The second kappa shape index (κ2) is 12.8. The number of rotatable bonds is 5. The summed E-state index contributed by atoms with van der Waals surface area (Å²) in [7, 11) is 0. The van der Waals surface area contributed by atoms with Gasteiger partial charge in [0.05, 0.1) is 51.7 Å². The second-order valence-corrected chi connectivity index (χ2v) is 14.4. The van der Waals surface area contributed by atoms with E-state index >= 15 is 0 Å². The van der Waals surface area contributed by atoms with Crippen molar-refractivity contribution >= 4 is 17.1 Å². The Balaban J connectivity index is 1.46. The number of para-hydroxylation sites is 1. The van der Waals surface area contributed by atoms with Crippen LogP contribution in [0.4, 0.5) is 17.1 Å². The Morgan fingerprint density at radius 2 is 1.02 bits per heavy atom. The van der Waals surface area contributed by atoms with E-state index in [0.717, 1.165) is 73.1 Å². The topological polar surface area (TPSA) is 68.6 Å². The Labute approximate surface area is 311 Å². The van der Waals surface area contributed by atoms with Crippen LogP contribution in [0.3, 0.4) is 0 Å². The summed E-state index contributed by atoms with van der Waals surface area (Å²) in [5.74, 6) is 0. The molecule has 6 aromatic carbocycles. The molecule has 0 aliphatic carbocycles. The van der Waals surface area contributed by atoms with Gasteiger partial charge in [-0.15, -0.1) is 0 Å². The van der Waals surface area contributed by atoms with Crippen LogP contribution in [0.1, 0.15) is 58.4 Å². The zero-order valence-corrected chi connectivity index (χ0v) is 30.9. The predicted molar refractivity (Wildman–Crippen MR) is 215 cm³/mol. The quantitative estimate of drug-likeness (QED) is 0.181. The highest BCUT2D eigenvalue weighted by Gasteiger charge is 2.39. The van der Waals surface area contributed by atoms with E-state index in [1.54, 1.807) is 0 Å². The van der Waals surface area contributed by atoms with Crippen molar-refractivity contribution in [3.8, 4) is 51.5 Å². The number of benzene rings is 6. The number of hydrogen-bond acceptors (Lipinski definition) is 4. The first-order chi connectivity index (χ1) is 25.6. The summed E-state index contributed by atoms with van der Waals surface area (Å²) in [6, 6.07) is 48.1. The van der Waals surface area contributed by atoms with Crippen LogP contribution in [0.25, 0.3) is 39.3 Å². The lowest BCUT2D eigenvalue weighted by molar-refractivity contribution is 0.631. The molecular weight excluding hydrogens is 647 g/mol. The number of nitrogens with zero attached hydrogens (tertiary/aromatic N) is 5. The van der Waals surface area contributed by atoms with Crippen LogP contribution < -0.4 is 4.90 Å². The van der Waals surface area contributed by atoms with Gasteiger partial charge in [0, 0.05) is 22.1 Å². The van der Waals surface area contributed by atoms with Crippen LogP contribution in [0.5, 0.6) is 0 Å². The average Bonchev–Trinajstić information content (AvgIpc) is 3.59. The highest BCUT2D eigenvalue weighted by atomic mass is 15.3. The molecule has 256 valence electrons. The molecule has 0 spiro atoms. The van der Waals surface area contributed by atoms with Gasteiger partial charge < -0.3 is 4.90 Å². The highest BCUT2D eigenvalue weighted by Crippen LogP contribution is 2.55. The smallest absolute Gasteiger partial charge is 0.101 e. The van der Waals surface area contributed by atoms with E-state index in [-0.39, 0.29) is 0 Å². The lowest BCUT2D eigenvalue weighted by Gasteiger charge is -2.43. The maximum absolute atomic E-state index is 9.94. The van der Waals surface area contributed by atoms with Crippen molar-refractivity contribution in [2.75, 3.05) is 4.90 Å².